The topological polar surface area (TPSA) is 61.8 Å². The van der Waals surface area contributed by atoms with Crippen LogP contribution in [0.1, 0.15) is 12.0 Å². The van der Waals surface area contributed by atoms with Gasteiger partial charge in [0.1, 0.15) is 5.82 Å². The third kappa shape index (κ3) is 4.03. The number of nitrogens with one attached hydrogen (secondary N) is 1. The number of amides is 2. The maximum absolute atomic E-state index is 13.0. The number of hydrogen-bond donors (Lipinski definition) is 1. The Morgan fingerprint density at radius 2 is 1.85 bits per heavy atom. The predicted molar refractivity (Wildman–Crippen MR) is 99.1 cm³/mol. The highest BCUT2D eigenvalue weighted by Crippen LogP contribution is 2.25. The number of hydrazone groups is 1. The summed E-state index contributed by atoms with van der Waals surface area (Å²) in [7, 11) is 0. The number of halogens is 3. The fourth-order valence-electron chi connectivity index (χ4n) is 2.64. The number of carbonyl (C=O) groups is 2. The monoisotopic (exact) mass is 393 g/mol. The van der Waals surface area contributed by atoms with Gasteiger partial charge in [-0.15, -0.1) is 0 Å². The Morgan fingerprint density at radius 1 is 1.19 bits per heavy atom. The van der Waals surface area contributed by atoms with Gasteiger partial charge >= 0.3 is 0 Å². The molecule has 2 aromatic rings. The Morgan fingerprint density at radius 3 is 2.50 bits per heavy atom. The summed E-state index contributed by atoms with van der Waals surface area (Å²) in [5.74, 6) is -1.52. The zero-order valence-electron chi connectivity index (χ0n) is 13.5. The first-order valence-electron chi connectivity index (χ1n) is 7.78. The maximum Gasteiger partial charge on any atom is 0.245 e. The Labute approximate surface area is 159 Å². The lowest BCUT2D eigenvalue weighted by atomic mass is 10.1. The summed E-state index contributed by atoms with van der Waals surface area (Å²) in [6.45, 7) is 0.207. The van der Waals surface area contributed by atoms with Gasteiger partial charge < -0.3 is 4.90 Å². The number of hydrogen-bond acceptors (Lipinski definition) is 3. The van der Waals surface area contributed by atoms with Crippen LogP contribution < -0.4 is 10.3 Å². The van der Waals surface area contributed by atoms with Crippen molar-refractivity contribution in [1.82, 2.24) is 5.43 Å². The normalized spacial score (nSPS) is 17.1. The quantitative estimate of drug-likeness (QED) is 0.636. The summed E-state index contributed by atoms with van der Waals surface area (Å²) in [4.78, 5) is 25.8. The lowest BCUT2D eigenvalue weighted by molar-refractivity contribution is -0.126. The van der Waals surface area contributed by atoms with E-state index in [4.69, 9.17) is 23.2 Å². The zero-order valence-corrected chi connectivity index (χ0v) is 15.0. The molecule has 0 spiro atoms. The van der Waals surface area contributed by atoms with E-state index in [0.717, 1.165) is 0 Å². The fourth-order valence-corrected chi connectivity index (χ4v) is 3.13. The second kappa shape index (κ2) is 7.85. The first-order chi connectivity index (χ1) is 12.5. The minimum absolute atomic E-state index is 0.0611. The van der Waals surface area contributed by atoms with Crippen LogP contribution in [0.2, 0.25) is 10.0 Å². The van der Waals surface area contributed by atoms with Crippen LogP contribution in [0.25, 0.3) is 0 Å². The molecule has 0 bridgehead atoms. The van der Waals surface area contributed by atoms with Crippen LogP contribution in [0, 0.1) is 11.7 Å². The Balaban J connectivity index is 1.63. The van der Waals surface area contributed by atoms with Crippen molar-refractivity contribution < 1.29 is 14.0 Å². The molecule has 1 aliphatic rings. The molecular weight excluding hydrogens is 380 g/mol. The number of carbonyl (C=O) groups excluding carboxylic acids is 2. The summed E-state index contributed by atoms with van der Waals surface area (Å²) in [5, 5.41) is 4.69. The highest BCUT2D eigenvalue weighted by atomic mass is 35.5. The molecule has 1 aliphatic heterocycles. The second-order valence-electron chi connectivity index (χ2n) is 5.75. The van der Waals surface area contributed by atoms with Crippen LogP contribution in [0.3, 0.4) is 0 Å². The van der Waals surface area contributed by atoms with E-state index in [1.807, 2.05) is 0 Å². The van der Waals surface area contributed by atoms with Crippen LogP contribution in [-0.2, 0) is 9.59 Å². The van der Waals surface area contributed by atoms with E-state index in [1.54, 1.807) is 18.2 Å². The maximum atomic E-state index is 13.0. The van der Waals surface area contributed by atoms with Gasteiger partial charge in [-0.1, -0.05) is 29.3 Å². The molecule has 1 atom stereocenters. The smallest absolute Gasteiger partial charge is 0.245 e. The molecule has 2 aromatic carbocycles. The van der Waals surface area contributed by atoms with Gasteiger partial charge in [0.25, 0.3) is 0 Å². The van der Waals surface area contributed by atoms with Gasteiger partial charge in [0.15, 0.2) is 0 Å². The SMILES string of the molecule is O=C(N/N=C\c1c(Cl)cccc1Cl)[C@@H]1CC(=O)N(c2ccc(F)cc2)C1. The zero-order chi connectivity index (χ0) is 18.7. The molecule has 3 rings (SSSR count). The molecule has 1 fully saturated rings. The molecule has 0 unspecified atom stereocenters. The molecule has 0 aromatic heterocycles. The van der Waals surface area contributed by atoms with Crippen LogP contribution in [-0.4, -0.2) is 24.6 Å². The van der Waals surface area contributed by atoms with Crippen molar-refractivity contribution in [3.05, 3.63) is 63.9 Å². The van der Waals surface area contributed by atoms with Gasteiger partial charge in [-0.3, -0.25) is 9.59 Å². The minimum Gasteiger partial charge on any atom is -0.312 e. The van der Waals surface area contributed by atoms with E-state index < -0.39 is 5.92 Å². The van der Waals surface area contributed by atoms with Crippen molar-refractivity contribution in [1.29, 1.82) is 0 Å². The summed E-state index contributed by atoms with van der Waals surface area (Å²) in [6.07, 6.45) is 1.42. The minimum atomic E-state index is -0.550. The Bertz CT molecular complexity index is 851. The van der Waals surface area contributed by atoms with E-state index in [-0.39, 0.29) is 30.6 Å². The van der Waals surface area contributed by atoms with Crippen molar-refractivity contribution in [3.63, 3.8) is 0 Å². The summed E-state index contributed by atoms with van der Waals surface area (Å²) in [6, 6.07) is 10.6. The first-order valence-corrected chi connectivity index (χ1v) is 8.54. The number of anilines is 1. The fraction of sp³-hybridized carbons (Fsp3) is 0.167. The van der Waals surface area contributed by atoms with Crippen molar-refractivity contribution in [3.8, 4) is 0 Å². The van der Waals surface area contributed by atoms with Crippen LogP contribution >= 0.6 is 23.2 Å². The highest BCUT2D eigenvalue weighted by Gasteiger charge is 2.35. The molecule has 26 heavy (non-hydrogen) atoms. The van der Waals surface area contributed by atoms with Gasteiger partial charge in [-0.2, -0.15) is 5.10 Å². The summed E-state index contributed by atoms with van der Waals surface area (Å²) < 4.78 is 13.0. The van der Waals surface area contributed by atoms with Gasteiger partial charge in [0.2, 0.25) is 11.8 Å². The third-order valence-corrected chi connectivity index (χ3v) is 4.66. The van der Waals surface area contributed by atoms with Gasteiger partial charge in [-0.25, -0.2) is 9.82 Å². The molecule has 0 radical (unpaired) electrons. The van der Waals surface area contributed by atoms with Crippen molar-refractivity contribution in [2.75, 3.05) is 11.4 Å². The molecule has 1 heterocycles. The van der Waals surface area contributed by atoms with Crippen LogP contribution in [0.4, 0.5) is 10.1 Å². The molecule has 1 saturated heterocycles. The van der Waals surface area contributed by atoms with Crippen LogP contribution in [0.5, 0.6) is 0 Å². The van der Waals surface area contributed by atoms with E-state index in [1.165, 1.54) is 35.4 Å². The van der Waals surface area contributed by atoms with Crippen molar-refractivity contribution >= 4 is 46.9 Å². The molecule has 134 valence electrons. The van der Waals surface area contributed by atoms with E-state index in [9.17, 15) is 14.0 Å². The number of rotatable bonds is 4. The summed E-state index contributed by atoms with van der Waals surface area (Å²) in [5.41, 5.74) is 3.45. The van der Waals surface area contributed by atoms with Crippen LogP contribution in [0.15, 0.2) is 47.6 Å². The first kappa shape index (κ1) is 18.4. The predicted octanol–water partition coefficient (Wildman–Crippen LogP) is 3.64. The Kier molecular flexibility index (Phi) is 5.54. The molecular formula is C18H14Cl2FN3O2. The molecule has 5 nitrogen and oxygen atoms in total. The largest absolute Gasteiger partial charge is 0.312 e. The van der Waals surface area contributed by atoms with E-state index >= 15 is 0 Å². The van der Waals surface area contributed by atoms with Gasteiger partial charge in [-0.05, 0) is 36.4 Å². The molecule has 0 saturated carbocycles. The average molecular weight is 394 g/mol. The molecule has 2 amide bonds. The summed E-state index contributed by atoms with van der Waals surface area (Å²) >= 11 is 12.0. The lowest BCUT2D eigenvalue weighted by Gasteiger charge is -2.16. The molecule has 0 aliphatic carbocycles. The van der Waals surface area contributed by atoms with Crippen molar-refractivity contribution in [2.45, 2.75) is 6.42 Å². The third-order valence-electron chi connectivity index (χ3n) is 4.00. The van der Waals surface area contributed by atoms with Gasteiger partial charge in [0.05, 0.1) is 22.2 Å². The second-order valence-corrected chi connectivity index (χ2v) is 6.57. The molecule has 8 heteroatoms. The van der Waals surface area contributed by atoms with Crippen molar-refractivity contribution in [2.24, 2.45) is 11.0 Å². The number of nitrogens with zero attached hydrogens (tertiary/aromatic N) is 2. The van der Waals surface area contributed by atoms with E-state index in [2.05, 4.69) is 10.5 Å². The highest BCUT2D eigenvalue weighted by molar-refractivity contribution is 6.38. The lowest BCUT2D eigenvalue weighted by Crippen LogP contribution is -2.30. The standard InChI is InChI=1S/C18H14Cl2FN3O2/c19-15-2-1-3-16(20)14(15)9-22-23-18(26)11-8-17(25)24(10-11)13-6-4-12(21)5-7-13/h1-7,9,11H,8,10H2,(H,23,26)/b22-9-/t11-/m1/s1. The number of benzene rings is 2. The average Bonchev–Trinajstić information content (AvgIpc) is 3.00. The molecule has 1 N–H and O–H groups in total. The van der Waals surface area contributed by atoms with Gasteiger partial charge in [0, 0.05) is 24.2 Å². The Hall–Kier alpha value is -2.44. The van der Waals surface area contributed by atoms with E-state index in [0.29, 0.717) is 21.3 Å².